The Kier molecular flexibility index (Phi) is 5.55. The SMILES string of the molecule is CNCCCC1Cc2cc(F)ccc2N(c2ccccc2Cl)S1(O)O. The van der Waals surface area contributed by atoms with Crippen LogP contribution < -0.4 is 9.62 Å². The van der Waals surface area contributed by atoms with Gasteiger partial charge in [-0.1, -0.05) is 23.7 Å². The molecule has 136 valence electrons. The molecule has 1 heterocycles. The lowest BCUT2D eigenvalue weighted by atomic mass is 10.0. The zero-order chi connectivity index (χ0) is 18.0. The molecule has 1 aliphatic heterocycles. The molecule has 0 spiro atoms. The van der Waals surface area contributed by atoms with Crippen LogP contribution in [0.2, 0.25) is 5.02 Å². The van der Waals surface area contributed by atoms with Gasteiger partial charge in [0, 0.05) is 0 Å². The van der Waals surface area contributed by atoms with Gasteiger partial charge in [0.05, 0.1) is 21.6 Å². The van der Waals surface area contributed by atoms with E-state index in [4.69, 9.17) is 11.6 Å². The van der Waals surface area contributed by atoms with Crippen molar-refractivity contribution in [2.45, 2.75) is 24.5 Å². The van der Waals surface area contributed by atoms with Crippen molar-refractivity contribution in [2.75, 3.05) is 17.9 Å². The Morgan fingerprint density at radius 3 is 2.72 bits per heavy atom. The molecule has 1 aliphatic rings. The number of benzene rings is 2. The highest BCUT2D eigenvalue weighted by Gasteiger charge is 2.40. The average molecular weight is 385 g/mol. The zero-order valence-corrected chi connectivity index (χ0v) is 15.5. The van der Waals surface area contributed by atoms with Crippen LogP contribution in [0.3, 0.4) is 0 Å². The maximum Gasteiger partial charge on any atom is 0.123 e. The fraction of sp³-hybridized carbons (Fsp3) is 0.333. The number of anilines is 2. The van der Waals surface area contributed by atoms with Gasteiger partial charge in [-0.3, -0.25) is 9.11 Å². The second kappa shape index (κ2) is 7.51. The smallest absolute Gasteiger partial charge is 0.123 e. The quantitative estimate of drug-likeness (QED) is 0.619. The first kappa shape index (κ1) is 18.5. The molecular formula is C18H22ClFN2O2S. The van der Waals surface area contributed by atoms with Gasteiger partial charge in [-0.15, -0.1) is 10.8 Å². The first-order chi connectivity index (χ1) is 11.9. The summed E-state index contributed by atoms with van der Waals surface area (Å²) in [4.78, 5) is 0. The van der Waals surface area contributed by atoms with Crippen LogP contribution in [-0.4, -0.2) is 27.9 Å². The van der Waals surface area contributed by atoms with E-state index in [0.717, 1.165) is 18.5 Å². The van der Waals surface area contributed by atoms with Crippen LogP contribution in [-0.2, 0) is 6.42 Å². The minimum Gasteiger partial charge on any atom is -0.320 e. The number of fused-ring (bicyclic) bond motifs is 1. The molecule has 2 aromatic carbocycles. The summed E-state index contributed by atoms with van der Waals surface area (Å²) in [5.74, 6) is -0.329. The van der Waals surface area contributed by atoms with E-state index in [1.807, 2.05) is 7.05 Å². The zero-order valence-electron chi connectivity index (χ0n) is 14.0. The van der Waals surface area contributed by atoms with Gasteiger partial charge in [0.1, 0.15) is 5.82 Å². The molecular weight excluding hydrogens is 363 g/mol. The monoisotopic (exact) mass is 384 g/mol. The van der Waals surface area contributed by atoms with Gasteiger partial charge in [0.15, 0.2) is 0 Å². The summed E-state index contributed by atoms with van der Waals surface area (Å²) < 4.78 is 37.4. The molecule has 0 aromatic heterocycles. The van der Waals surface area contributed by atoms with Crippen LogP contribution in [0.1, 0.15) is 18.4 Å². The molecule has 3 rings (SSSR count). The third kappa shape index (κ3) is 3.64. The number of para-hydroxylation sites is 1. The van der Waals surface area contributed by atoms with Crippen molar-refractivity contribution in [3.63, 3.8) is 0 Å². The summed E-state index contributed by atoms with van der Waals surface area (Å²) in [6, 6.07) is 11.4. The maximum absolute atomic E-state index is 13.8. The number of hydrogen-bond donors (Lipinski definition) is 3. The first-order valence-electron chi connectivity index (χ1n) is 8.20. The molecule has 1 unspecified atom stereocenters. The molecule has 2 aromatic rings. The third-order valence-corrected chi connectivity index (χ3v) is 7.00. The largest absolute Gasteiger partial charge is 0.320 e. The normalized spacial score (nSPS) is 20.2. The Balaban J connectivity index is 2.08. The number of rotatable bonds is 5. The molecule has 0 saturated carbocycles. The summed E-state index contributed by atoms with van der Waals surface area (Å²) in [5.41, 5.74) is 1.88. The Morgan fingerprint density at radius 2 is 2.00 bits per heavy atom. The number of hydrogen-bond acceptors (Lipinski definition) is 4. The molecule has 0 amide bonds. The molecule has 3 N–H and O–H groups in total. The van der Waals surface area contributed by atoms with Crippen molar-refractivity contribution in [1.82, 2.24) is 5.32 Å². The molecule has 1 atom stereocenters. The fourth-order valence-electron chi connectivity index (χ4n) is 3.22. The van der Waals surface area contributed by atoms with Crippen molar-refractivity contribution in [3.8, 4) is 0 Å². The maximum atomic E-state index is 13.8. The molecule has 25 heavy (non-hydrogen) atoms. The summed E-state index contributed by atoms with van der Waals surface area (Å²) in [6.45, 7) is 0.786. The highest BCUT2D eigenvalue weighted by molar-refractivity contribution is 8.26. The van der Waals surface area contributed by atoms with Crippen molar-refractivity contribution >= 4 is 33.8 Å². The van der Waals surface area contributed by atoms with Crippen molar-refractivity contribution in [2.24, 2.45) is 0 Å². The van der Waals surface area contributed by atoms with E-state index in [9.17, 15) is 13.5 Å². The summed E-state index contributed by atoms with van der Waals surface area (Å²) >= 11 is 6.32. The third-order valence-electron chi connectivity index (χ3n) is 4.45. The van der Waals surface area contributed by atoms with Crippen molar-refractivity contribution < 1.29 is 13.5 Å². The van der Waals surface area contributed by atoms with Crippen LogP contribution in [0.5, 0.6) is 0 Å². The van der Waals surface area contributed by atoms with E-state index in [0.29, 0.717) is 29.2 Å². The summed E-state index contributed by atoms with van der Waals surface area (Å²) in [7, 11) is -1.29. The number of nitrogens with one attached hydrogen (secondary N) is 1. The molecule has 0 fully saturated rings. The van der Waals surface area contributed by atoms with E-state index in [2.05, 4.69) is 5.32 Å². The van der Waals surface area contributed by atoms with E-state index in [-0.39, 0.29) is 11.1 Å². The fourth-order valence-corrected chi connectivity index (χ4v) is 5.60. The Morgan fingerprint density at radius 1 is 1.24 bits per heavy atom. The lowest BCUT2D eigenvalue weighted by molar-refractivity contribution is 0.454. The van der Waals surface area contributed by atoms with Gasteiger partial charge < -0.3 is 5.32 Å². The van der Waals surface area contributed by atoms with E-state index in [1.54, 1.807) is 30.3 Å². The molecule has 0 saturated heterocycles. The average Bonchev–Trinajstić information content (AvgIpc) is 2.57. The summed E-state index contributed by atoms with van der Waals surface area (Å²) in [5, 5.41) is 3.11. The predicted octanol–water partition coefficient (Wildman–Crippen LogP) is 5.21. The lowest BCUT2D eigenvalue weighted by Gasteiger charge is -2.53. The second-order valence-corrected chi connectivity index (χ2v) is 8.71. The van der Waals surface area contributed by atoms with Crippen molar-refractivity contribution in [3.05, 3.63) is 58.9 Å². The molecule has 0 bridgehead atoms. The van der Waals surface area contributed by atoms with Crippen molar-refractivity contribution in [1.29, 1.82) is 0 Å². The van der Waals surface area contributed by atoms with E-state index in [1.165, 1.54) is 16.4 Å². The highest BCUT2D eigenvalue weighted by atomic mass is 35.5. The van der Waals surface area contributed by atoms with Crippen LogP contribution in [0, 0.1) is 5.82 Å². The highest BCUT2D eigenvalue weighted by Crippen LogP contribution is 2.61. The van der Waals surface area contributed by atoms with Crippen LogP contribution in [0.15, 0.2) is 42.5 Å². The van der Waals surface area contributed by atoms with Gasteiger partial charge in [-0.2, -0.15) is 0 Å². The minimum atomic E-state index is -3.15. The van der Waals surface area contributed by atoms with E-state index >= 15 is 0 Å². The molecule has 7 heteroatoms. The number of halogens is 2. The van der Waals surface area contributed by atoms with Crippen LogP contribution in [0.25, 0.3) is 0 Å². The molecule has 0 radical (unpaired) electrons. The Hall–Kier alpha value is -1.31. The second-order valence-electron chi connectivity index (χ2n) is 6.15. The molecule has 0 aliphatic carbocycles. The van der Waals surface area contributed by atoms with Gasteiger partial charge in [0.2, 0.25) is 0 Å². The Labute approximate surface area is 154 Å². The standard InChI is InChI=1S/C18H22ClFN2O2S/c1-21-10-4-5-15-12-13-11-14(20)8-9-17(13)22(25(15,23)24)18-7-3-2-6-16(18)19/h2-3,6-9,11,15,21,23-24H,4-5,10,12H2,1H3. The lowest BCUT2D eigenvalue weighted by Crippen LogP contribution is -2.38. The van der Waals surface area contributed by atoms with Gasteiger partial charge in [-0.25, -0.2) is 8.70 Å². The van der Waals surface area contributed by atoms with Gasteiger partial charge in [-0.05, 0) is 68.8 Å². The molecule has 4 nitrogen and oxygen atoms in total. The van der Waals surface area contributed by atoms with Gasteiger partial charge in [0.25, 0.3) is 0 Å². The van der Waals surface area contributed by atoms with Crippen LogP contribution >= 0.6 is 22.4 Å². The first-order valence-corrected chi connectivity index (χ1v) is 10.1. The predicted molar refractivity (Wildman–Crippen MR) is 103 cm³/mol. The van der Waals surface area contributed by atoms with E-state index < -0.39 is 10.8 Å². The van der Waals surface area contributed by atoms with Crippen LogP contribution in [0.4, 0.5) is 15.8 Å². The Bertz CT molecular complexity index is 760. The minimum absolute atomic E-state index is 0.329. The summed E-state index contributed by atoms with van der Waals surface area (Å²) in [6.07, 6.45) is 1.86. The topological polar surface area (TPSA) is 55.7 Å². The number of nitrogens with zero attached hydrogens (tertiary/aromatic N) is 1. The van der Waals surface area contributed by atoms with Gasteiger partial charge >= 0.3 is 0 Å².